The maximum atomic E-state index is 10.2. The fourth-order valence-electron chi connectivity index (χ4n) is 3.76. The first kappa shape index (κ1) is 21.0. The molecule has 4 rings (SSSR count). The van der Waals surface area contributed by atoms with Gasteiger partial charge in [-0.2, -0.15) is 5.10 Å². The fraction of sp³-hybridized carbons (Fsp3) is 0.579. The highest BCUT2D eigenvalue weighted by Gasteiger charge is 2.44. The van der Waals surface area contributed by atoms with E-state index in [1.165, 1.54) is 0 Å². The van der Waals surface area contributed by atoms with Crippen molar-refractivity contribution >= 4 is 5.82 Å². The Bertz CT molecular complexity index is 856. The molecule has 0 aliphatic carbocycles. The quantitative estimate of drug-likeness (QED) is 0.339. The number of aromatic nitrogens is 3. The molecule has 0 aromatic carbocycles. The second-order valence-electron chi connectivity index (χ2n) is 7.61. The molecule has 0 bridgehead atoms. The van der Waals surface area contributed by atoms with E-state index in [0.717, 1.165) is 31.5 Å². The highest BCUT2D eigenvalue weighted by Crippen LogP contribution is 2.31. The van der Waals surface area contributed by atoms with Crippen LogP contribution in [0.4, 0.5) is 5.82 Å². The molecule has 0 spiro atoms. The largest absolute Gasteiger partial charge is 0.458 e. The molecule has 5 atom stereocenters. The number of aliphatic hydroxyl groups is 4. The second-order valence-corrected chi connectivity index (χ2v) is 7.61. The molecule has 11 nitrogen and oxygen atoms in total. The molecule has 2 aromatic heterocycles. The van der Waals surface area contributed by atoms with Crippen LogP contribution in [0, 0.1) is 0 Å². The number of pyridine rings is 1. The van der Waals surface area contributed by atoms with E-state index in [2.05, 4.69) is 15.4 Å². The molecule has 2 saturated heterocycles. The molecule has 0 unspecified atom stereocenters. The summed E-state index contributed by atoms with van der Waals surface area (Å²) in [5, 5.41) is 47.1. The van der Waals surface area contributed by atoms with Crippen molar-refractivity contribution < 1.29 is 29.9 Å². The summed E-state index contributed by atoms with van der Waals surface area (Å²) in [5.41, 5.74) is 7.46. The molecule has 164 valence electrons. The van der Waals surface area contributed by atoms with Gasteiger partial charge in [0, 0.05) is 23.5 Å². The van der Waals surface area contributed by atoms with Gasteiger partial charge in [-0.3, -0.25) is 4.68 Å². The van der Waals surface area contributed by atoms with Gasteiger partial charge in [-0.15, -0.1) is 0 Å². The number of hydrogen-bond acceptors (Lipinski definition) is 10. The summed E-state index contributed by atoms with van der Waals surface area (Å²) in [5.74, 6) is 0.216. The predicted molar refractivity (Wildman–Crippen MR) is 105 cm³/mol. The Hall–Kier alpha value is -2.28. The fourth-order valence-corrected chi connectivity index (χ4v) is 3.76. The SMILES string of the molecule is Nc1ncc(-c2cnn(C3CCNCC3)c2)cc1O[C@@H]1O[C@H](CO)[C@@H](O)[C@H](O)[C@H]1O. The Kier molecular flexibility index (Phi) is 6.18. The monoisotopic (exact) mass is 421 g/mol. The number of nitrogen functional groups attached to an aromatic ring is 1. The van der Waals surface area contributed by atoms with Gasteiger partial charge in [0.2, 0.25) is 6.29 Å². The molecule has 0 radical (unpaired) electrons. The van der Waals surface area contributed by atoms with Crippen molar-refractivity contribution in [1.82, 2.24) is 20.1 Å². The highest BCUT2D eigenvalue weighted by molar-refractivity contribution is 5.65. The lowest BCUT2D eigenvalue weighted by molar-refractivity contribution is -0.277. The van der Waals surface area contributed by atoms with Crippen LogP contribution in [0.2, 0.25) is 0 Å². The standard InChI is InChI=1S/C19H27N5O6/c20-18-13(29-19-17(28)16(27)15(26)14(9-25)30-19)5-10(6-22-18)11-7-23-24(8-11)12-1-3-21-4-2-12/h5-8,12,14-17,19,21,25-28H,1-4,9H2,(H2,20,22)/t14-,15-,16+,17-,19-/m1/s1. The Morgan fingerprint density at radius 3 is 2.63 bits per heavy atom. The minimum atomic E-state index is -1.54. The number of anilines is 1. The van der Waals surface area contributed by atoms with Gasteiger partial charge in [-0.1, -0.05) is 0 Å². The van der Waals surface area contributed by atoms with E-state index < -0.39 is 37.3 Å². The molecule has 2 fully saturated rings. The lowest BCUT2D eigenvalue weighted by Gasteiger charge is -2.39. The smallest absolute Gasteiger partial charge is 0.229 e. The van der Waals surface area contributed by atoms with Crippen LogP contribution in [0.5, 0.6) is 5.75 Å². The van der Waals surface area contributed by atoms with Gasteiger partial charge in [-0.05, 0) is 32.0 Å². The Morgan fingerprint density at radius 1 is 1.13 bits per heavy atom. The Balaban J connectivity index is 1.53. The van der Waals surface area contributed by atoms with Crippen LogP contribution in [0.25, 0.3) is 11.1 Å². The summed E-state index contributed by atoms with van der Waals surface area (Å²) in [6.45, 7) is 1.37. The number of rotatable bonds is 5. The number of nitrogens with one attached hydrogen (secondary N) is 1. The number of hydrogen-bond donors (Lipinski definition) is 6. The predicted octanol–water partition coefficient (Wildman–Crippen LogP) is -1.37. The first-order valence-corrected chi connectivity index (χ1v) is 9.96. The van der Waals surface area contributed by atoms with E-state index in [9.17, 15) is 20.4 Å². The van der Waals surface area contributed by atoms with Gasteiger partial charge >= 0.3 is 0 Å². The van der Waals surface area contributed by atoms with Crippen molar-refractivity contribution in [3.8, 4) is 16.9 Å². The summed E-state index contributed by atoms with van der Waals surface area (Å²) >= 11 is 0. The molecule has 0 saturated carbocycles. The summed E-state index contributed by atoms with van der Waals surface area (Å²) in [6, 6.07) is 1.99. The molecule has 30 heavy (non-hydrogen) atoms. The highest BCUT2D eigenvalue weighted by atomic mass is 16.7. The van der Waals surface area contributed by atoms with E-state index >= 15 is 0 Å². The zero-order chi connectivity index (χ0) is 21.3. The maximum Gasteiger partial charge on any atom is 0.229 e. The normalized spacial score (nSPS) is 30.3. The number of ether oxygens (including phenoxy) is 2. The minimum Gasteiger partial charge on any atom is -0.458 e. The second kappa shape index (κ2) is 8.84. The first-order valence-electron chi connectivity index (χ1n) is 9.96. The van der Waals surface area contributed by atoms with Crippen molar-refractivity contribution in [2.45, 2.75) is 49.6 Å². The van der Waals surface area contributed by atoms with Crippen LogP contribution >= 0.6 is 0 Å². The van der Waals surface area contributed by atoms with Crippen LogP contribution in [0.15, 0.2) is 24.7 Å². The average Bonchev–Trinajstić information content (AvgIpc) is 3.26. The molecule has 7 N–H and O–H groups in total. The van der Waals surface area contributed by atoms with Crippen molar-refractivity contribution in [3.63, 3.8) is 0 Å². The first-order chi connectivity index (χ1) is 14.5. The van der Waals surface area contributed by atoms with Gasteiger partial charge < -0.3 is 41.0 Å². The summed E-state index contributed by atoms with van der Waals surface area (Å²) in [6.07, 6.45) is 0.348. The zero-order valence-corrected chi connectivity index (χ0v) is 16.3. The number of nitrogens with zero attached hydrogens (tertiary/aromatic N) is 3. The molecular formula is C19H27N5O6. The molecule has 2 aromatic rings. The van der Waals surface area contributed by atoms with Gasteiger partial charge in [0.05, 0.1) is 18.8 Å². The lowest BCUT2D eigenvalue weighted by atomic mass is 9.99. The van der Waals surface area contributed by atoms with Crippen LogP contribution in [-0.2, 0) is 4.74 Å². The minimum absolute atomic E-state index is 0.0708. The summed E-state index contributed by atoms with van der Waals surface area (Å²) < 4.78 is 13.0. The Morgan fingerprint density at radius 2 is 1.90 bits per heavy atom. The zero-order valence-electron chi connectivity index (χ0n) is 16.3. The number of aliphatic hydroxyl groups excluding tert-OH is 4. The lowest BCUT2D eigenvalue weighted by Crippen LogP contribution is -2.60. The van der Waals surface area contributed by atoms with E-state index in [0.29, 0.717) is 11.6 Å². The van der Waals surface area contributed by atoms with Crippen LogP contribution in [0.3, 0.4) is 0 Å². The van der Waals surface area contributed by atoms with E-state index in [1.807, 2.05) is 10.9 Å². The van der Waals surface area contributed by atoms with Gasteiger partial charge in [0.1, 0.15) is 24.4 Å². The van der Waals surface area contributed by atoms with Crippen molar-refractivity contribution in [3.05, 3.63) is 24.7 Å². The molecule has 4 heterocycles. The molecule has 2 aliphatic heterocycles. The third-order valence-corrected chi connectivity index (χ3v) is 5.59. The summed E-state index contributed by atoms with van der Waals surface area (Å²) in [4.78, 5) is 4.15. The molecule has 11 heteroatoms. The van der Waals surface area contributed by atoms with Crippen molar-refractivity contribution in [2.24, 2.45) is 0 Å². The van der Waals surface area contributed by atoms with Gasteiger partial charge in [0.25, 0.3) is 0 Å². The maximum absolute atomic E-state index is 10.2. The molecule has 2 aliphatic rings. The van der Waals surface area contributed by atoms with E-state index in [-0.39, 0.29) is 11.6 Å². The van der Waals surface area contributed by atoms with Gasteiger partial charge in [0.15, 0.2) is 11.6 Å². The number of nitrogens with two attached hydrogens (primary N) is 1. The summed E-state index contributed by atoms with van der Waals surface area (Å²) in [7, 11) is 0. The van der Waals surface area contributed by atoms with E-state index in [1.54, 1.807) is 18.5 Å². The Labute approximate surface area is 173 Å². The van der Waals surface area contributed by atoms with Crippen LogP contribution < -0.4 is 15.8 Å². The molecule has 0 amide bonds. The average molecular weight is 421 g/mol. The van der Waals surface area contributed by atoms with Crippen molar-refractivity contribution in [1.29, 1.82) is 0 Å². The van der Waals surface area contributed by atoms with Gasteiger partial charge in [-0.25, -0.2) is 4.98 Å². The van der Waals surface area contributed by atoms with Crippen LogP contribution in [0.1, 0.15) is 18.9 Å². The third-order valence-electron chi connectivity index (χ3n) is 5.59. The van der Waals surface area contributed by atoms with E-state index in [4.69, 9.17) is 15.2 Å². The third kappa shape index (κ3) is 4.13. The van der Waals surface area contributed by atoms with Crippen LogP contribution in [-0.4, -0.2) is 85.6 Å². The number of piperidine rings is 1. The van der Waals surface area contributed by atoms with Crippen molar-refractivity contribution in [2.75, 3.05) is 25.4 Å². The topological polar surface area (TPSA) is 168 Å². The molecular weight excluding hydrogens is 394 g/mol.